The number of aryl methyl sites for hydroxylation is 3. The zero-order chi connectivity index (χ0) is 21.5. The Bertz CT molecular complexity index is 1260. The van der Waals surface area contributed by atoms with E-state index in [2.05, 4.69) is 57.3 Å². The quantitative estimate of drug-likeness (QED) is 0.504. The van der Waals surface area contributed by atoms with Gasteiger partial charge in [-0.25, -0.2) is 9.97 Å². The van der Waals surface area contributed by atoms with Gasteiger partial charge in [0.2, 0.25) is 0 Å². The van der Waals surface area contributed by atoms with Crippen LogP contribution >= 0.6 is 11.3 Å². The summed E-state index contributed by atoms with van der Waals surface area (Å²) in [6.45, 7) is 6.98. The summed E-state index contributed by atoms with van der Waals surface area (Å²) < 4.78 is 7.47. The number of fused-ring (bicyclic) bond motifs is 3. The molecule has 4 heterocycles. The molecule has 8 heteroatoms. The van der Waals surface area contributed by atoms with Crippen LogP contribution in [0.15, 0.2) is 30.7 Å². The second kappa shape index (κ2) is 7.94. The standard InChI is InChI=1S/C23H26N6OS/c1-14-9-18(19(30-4)10-15(14)2)26-22-21-17-6-8-29(11-16-5-7-28(3)27-16)12-20(17)31-23(21)25-13-24-22/h5,7,9-10,13H,6,8,11-12H2,1-4H3,(H,24,25,26). The Morgan fingerprint density at radius 1 is 1.19 bits per heavy atom. The van der Waals surface area contributed by atoms with Crippen molar-refractivity contribution >= 4 is 33.1 Å². The molecule has 31 heavy (non-hydrogen) atoms. The van der Waals surface area contributed by atoms with E-state index in [1.807, 2.05) is 17.9 Å². The summed E-state index contributed by atoms with van der Waals surface area (Å²) >= 11 is 1.77. The largest absolute Gasteiger partial charge is 0.495 e. The summed E-state index contributed by atoms with van der Waals surface area (Å²) in [4.78, 5) is 14.0. The molecule has 3 aromatic heterocycles. The van der Waals surface area contributed by atoms with Gasteiger partial charge >= 0.3 is 0 Å². The number of hydrogen-bond acceptors (Lipinski definition) is 7. The molecule has 1 aliphatic rings. The second-order valence-corrected chi connectivity index (χ2v) is 9.19. The van der Waals surface area contributed by atoms with Crippen molar-refractivity contribution in [3.8, 4) is 5.75 Å². The number of benzene rings is 1. The molecule has 0 aliphatic carbocycles. The van der Waals surface area contributed by atoms with Gasteiger partial charge in [-0.05, 0) is 55.2 Å². The highest BCUT2D eigenvalue weighted by molar-refractivity contribution is 7.19. The summed E-state index contributed by atoms with van der Waals surface area (Å²) in [5.41, 5.74) is 5.82. The predicted molar refractivity (Wildman–Crippen MR) is 124 cm³/mol. The van der Waals surface area contributed by atoms with Crippen molar-refractivity contribution in [2.24, 2.45) is 7.05 Å². The SMILES string of the molecule is COc1cc(C)c(C)cc1Nc1ncnc2sc3c(c12)CCN(Cc1ccn(C)n1)C3. The van der Waals surface area contributed by atoms with E-state index in [-0.39, 0.29) is 0 Å². The maximum atomic E-state index is 5.61. The summed E-state index contributed by atoms with van der Waals surface area (Å²) in [5.74, 6) is 1.67. The summed E-state index contributed by atoms with van der Waals surface area (Å²) in [7, 11) is 3.66. The van der Waals surface area contributed by atoms with Crippen molar-refractivity contribution in [3.63, 3.8) is 0 Å². The molecule has 0 fully saturated rings. The lowest BCUT2D eigenvalue weighted by molar-refractivity contribution is 0.246. The Labute approximate surface area is 185 Å². The van der Waals surface area contributed by atoms with E-state index < -0.39 is 0 Å². The first-order chi connectivity index (χ1) is 15.0. The number of rotatable bonds is 5. The van der Waals surface area contributed by atoms with Crippen molar-refractivity contribution in [2.75, 3.05) is 19.0 Å². The van der Waals surface area contributed by atoms with Crippen molar-refractivity contribution in [3.05, 3.63) is 58.0 Å². The van der Waals surface area contributed by atoms with Gasteiger partial charge in [0.25, 0.3) is 0 Å². The minimum absolute atomic E-state index is 0.820. The van der Waals surface area contributed by atoms with E-state index in [1.165, 1.54) is 21.6 Å². The molecule has 0 saturated carbocycles. The molecular formula is C23H26N6OS. The Morgan fingerprint density at radius 3 is 2.81 bits per heavy atom. The van der Waals surface area contributed by atoms with E-state index in [9.17, 15) is 0 Å². The van der Waals surface area contributed by atoms with Gasteiger partial charge in [-0.3, -0.25) is 9.58 Å². The van der Waals surface area contributed by atoms with Crippen LogP contribution in [0.2, 0.25) is 0 Å². The number of nitrogens with one attached hydrogen (secondary N) is 1. The monoisotopic (exact) mass is 434 g/mol. The van der Waals surface area contributed by atoms with Crippen molar-refractivity contribution in [1.29, 1.82) is 0 Å². The molecule has 0 saturated heterocycles. The van der Waals surface area contributed by atoms with Crippen LogP contribution in [0, 0.1) is 13.8 Å². The van der Waals surface area contributed by atoms with Crippen LogP contribution in [-0.2, 0) is 26.6 Å². The zero-order valence-electron chi connectivity index (χ0n) is 18.3. The van der Waals surface area contributed by atoms with E-state index in [0.29, 0.717) is 0 Å². The number of ether oxygens (including phenoxy) is 1. The molecule has 1 aliphatic heterocycles. The molecule has 1 aromatic carbocycles. The van der Waals surface area contributed by atoms with Crippen LogP contribution in [0.3, 0.4) is 0 Å². The van der Waals surface area contributed by atoms with Crippen molar-refractivity contribution in [2.45, 2.75) is 33.4 Å². The molecule has 0 unspecified atom stereocenters. The molecule has 0 amide bonds. The first-order valence-electron chi connectivity index (χ1n) is 10.4. The topological polar surface area (TPSA) is 68.1 Å². The summed E-state index contributed by atoms with van der Waals surface area (Å²) in [6, 6.07) is 6.27. The molecule has 160 valence electrons. The number of anilines is 2. The van der Waals surface area contributed by atoms with Gasteiger partial charge in [0.15, 0.2) is 0 Å². The third-order valence-electron chi connectivity index (χ3n) is 5.94. The van der Waals surface area contributed by atoms with Gasteiger partial charge in [-0.2, -0.15) is 5.10 Å². The molecule has 4 aromatic rings. The fourth-order valence-electron chi connectivity index (χ4n) is 4.17. The van der Waals surface area contributed by atoms with Gasteiger partial charge in [-0.15, -0.1) is 11.3 Å². The smallest absolute Gasteiger partial charge is 0.142 e. The fraction of sp³-hybridized carbons (Fsp3) is 0.348. The second-order valence-electron chi connectivity index (χ2n) is 8.11. The van der Waals surface area contributed by atoms with Crippen LogP contribution in [0.25, 0.3) is 10.2 Å². The number of nitrogens with zero attached hydrogens (tertiary/aromatic N) is 5. The molecule has 5 rings (SSSR count). The Morgan fingerprint density at radius 2 is 2.03 bits per heavy atom. The van der Waals surface area contributed by atoms with Gasteiger partial charge in [-0.1, -0.05) is 0 Å². The molecule has 7 nitrogen and oxygen atoms in total. The van der Waals surface area contributed by atoms with Crippen LogP contribution in [0.5, 0.6) is 5.75 Å². The lowest BCUT2D eigenvalue weighted by atomic mass is 10.0. The van der Waals surface area contributed by atoms with Gasteiger partial charge in [0.05, 0.1) is 23.9 Å². The van der Waals surface area contributed by atoms with Crippen LogP contribution < -0.4 is 10.1 Å². The molecule has 0 bridgehead atoms. The number of thiophene rings is 1. The summed E-state index contributed by atoms with van der Waals surface area (Å²) in [5, 5.41) is 9.20. The predicted octanol–water partition coefficient (Wildman–Crippen LogP) is 4.35. The molecule has 0 atom stereocenters. The molecular weight excluding hydrogens is 408 g/mol. The normalized spacial score (nSPS) is 14.1. The fourth-order valence-corrected chi connectivity index (χ4v) is 5.40. The molecule has 1 N–H and O–H groups in total. The van der Waals surface area contributed by atoms with E-state index in [1.54, 1.807) is 24.8 Å². The number of hydrogen-bond donors (Lipinski definition) is 1. The van der Waals surface area contributed by atoms with Crippen molar-refractivity contribution in [1.82, 2.24) is 24.6 Å². The first-order valence-corrected chi connectivity index (χ1v) is 11.2. The lowest BCUT2D eigenvalue weighted by Crippen LogP contribution is -2.29. The summed E-state index contributed by atoms with van der Waals surface area (Å²) in [6.07, 6.45) is 4.62. The van der Waals surface area contributed by atoms with Crippen LogP contribution in [-0.4, -0.2) is 38.3 Å². The maximum Gasteiger partial charge on any atom is 0.142 e. The minimum atomic E-state index is 0.820. The Balaban J connectivity index is 1.47. The highest BCUT2D eigenvalue weighted by Crippen LogP contribution is 2.39. The van der Waals surface area contributed by atoms with Crippen LogP contribution in [0.1, 0.15) is 27.3 Å². The van der Waals surface area contributed by atoms with Gasteiger partial charge in [0.1, 0.15) is 22.7 Å². The van der Waals surface area contributed by atoms with Gasteiger partial charge < -0.3 is 10.1 Å². The Kier molecular flexibility index (Phi) is 5.11. The van der Waals surface area contributed by atoms with E-state index in [0.717, 1.165) is 59.2 Å². The highest BCUT2D eigenvalue weighted by Gasteiger charge is 2.24. The molecule has 0 radical (unpaired) electrons. The van der Waals surface area contributed by atoms with Crippen molar-refractivity contribution < 1.29 is 4.74 Å². The highest BCUT2D eigenvalue weighted by atomic mass is 32.1. The average Bonchev–Trinajstić information content (AvgIpc) is 3.33. The van der Waals surface area contributed by atoms with Crippen LogP contribution in [0.4, 0.5) is 11.5 Å². The third-order valence-corrected chi connectivity index (χ3v) is 7.06. The lowest BCUT2D eigenvalue weighted by Gasteiger charge is -2.26. The zero-order valence-corrected chi connectivity index (χ0v) is 19.1. The molecule has 0 spiro atoms. The minimum Gasteiger partial charge on any atom is -0.495 e. The van der Waals surface area contributed by atoms with E-state index >= 15 is 0 Å². The van der Waals surface area contributed by atoms with E-state index in [4.69, 9.17) is 4.74 Å². The first kappa shape index (κ1) is 20.0. The average molecular weight is 435 g/mol. The maximum absolute atomic E-state index is 5.61. The number of methoxy groups -OCH3 is 1. The third kappa shape index (κ3) is 3.77. The van der Waals surface area contributed by atoms with Gasteiger partial charge in [0, 0.05) is 37.8 Å². The Hall–Kier alpha value is -2.97. The number of aromatic nitrogens is 4.